The molecule has 0 aromatic heterocycles. The second-order valence-corrected chi connectivity index (χ2v) is 4.91. The third kappa shape index (κ3) is 2.98. The Kier molecular flexibility index (Phi) is 4.24. The van der Waals surface area contributed by atoms with E-state index in [-0.39, 0.29) is 5.41 Å². The molecule has 0 aliphatic carbocycles. The predicted molar refractivity (Wildman–Crippen MR) is 68.2 cm³/mol. The Bertz CT molecular complexity index is 307. The molecule has 0 N–H and O–H groups in total. The highest BCUT2D eigenvalue weighted by Gasteiger charge is 2.32. The van der Waals surface area contributed by atoms with Gasteiger partial charge in [0.25, 0.3) is 0 Å². The summed E-state index contributed by atoms with van der Waals surface area (Å²) in [5.74, 6) is 0.953. The van der Waals surface area contributed by atoms with E-state index in [0.29, 0.717) is 0 Å². The van der Waals surface area contributed by atoms with E-state index in [1.807, 2.05) is 30.3 Å². The van der Waals surface area contributed by atoms with Crippen LogP contribution in [0.1, 0.15) is 12.8 Å². The monoisotopic (exact) mass is 284 g/mol. The van der Waals surface area contributed by atoms with Crippen molar-refractivity contribution in [1.29, 1.82) is 0 Å². The normalized spacial score (nSPS) is 19.3. The Morgan fingerprint density at radius 2 is 1.88 bits per heavy atom. The van der Waals surface area contributed by atoms with E-state index in [1.54, 1.807) is 0 Å². The summed E-state index contributed by atoms with van der Waals surface area (Å²) >= 11 is 3.61. The molecule has 1 fully saturated rings. The largest absolute Gasteiger partial charge is 0.493 e. The first-order valence-corrected chi connectivity index (χ1v) is 6.78. The smallest absolute Gasteiger partial charge is 0.119 e. The second-order valence-electron chi connectivity index (χ2n) is 4.35. The van der Waals surface area contributed by atoms with Gasteiger partial charge in [-0.05, 0) is 25.0 Å². The summed E-state index contributed by atoms with van der Waals surface area (Å²) in [6.07, 6.45) is 2.15. The van der Waals surface area contributed by atoms with Crippen molar-refractivity contribution in [3.8, 4) is 5.75 Å². The summed E-state index contributed by atoms with van der Waals surface area (Å²) in [4.78, 5) is 0. The fourth-order valence-electron chi connectivity index (χ4n) is 1.87. The molecule has 88 valence electrons. The summed E-state index contributed by atoms with van der Waals surface area (Å²) in [6, 6.07) is 10.0. The molecular formula is C13H17BrO2. The lowest BCUT2D eigenvalue weighted by molar-refractivity contribution is 0.00355. The lowest BCUT2D eigenvalue weighted by atomic mass is 9.83. The minimum Gasteiger partial charge on any atom is -0.493 e. The molecule has 2 rings (SSSR count). The molecule has 0 atom stereocenters. The maximum atomic E-state index is 5.85. The minimum atomic E-state index is 0.244. The second kappa shape index (κ2) is 5.69. The SMILES string of the molecule is BrCC1(COc2ccccc2)CCOCC1. The van der Waals surface area contributed by atoms with Crippen LogP contribution < -0.4 is 4.74 Å². The number of para-hydroxylation sites is 1. The number of halogens is 1. The van der Waals surface area contributed by atoms with Gasteiger partial charge in [-0.15, -0.1) is 0 Å². The molecule has 1 saturated heterocycles. The van der Waals surface area contributed by atoms with Crippen LogP contribution in [0.4, 0.5) is 0 Å². The van der Waals surface area contributed by atoms with E-state index in [2.05, 4.69) is 15.9 Å². The van der Waals surface area contributed by atoms with Crippen molar-refractivity contribution in [3.05, 3.63) is 30.3 Å². The van der Waals surface area contributed by atoms with E-state index in [0.717, 1.165) is 43.7 Å². The van der Waals surface area contributed by atoms with E-state index in [4.69, 9.17) is 9.47 Å². The van der Waals surface area contributed by atoms with Crippen molar-refractivity contribution < 1.29 is 9.47 Å². The number of rotatable bonds is 4. The van der Waals surface area contributed by atoms with Crippen LogP contribution in [0.25, 0.3) is 0 Å². The van der Waals surface area contributed by atoms with Gasteiger partial charge in [0.2, 0.25) is 0 Å². The van der Waals surface area contributed by atoms with E-state index in [1.165, 1.54) is 0 Å². The molecule has 1 heterocycles. The summed E-state index contributed by atoms with van der Waals surface area (Å²) in [5, 5.41) is 0.982. The molecule has 0 bridgehead atoms. The summed E-state index contributed by atoms with van der Waals surface area (Å²) in [7, 11) is 0. The Morgan fingerprint density at radius 1 is 1.19 bits per heavy atom. The lowest BCUT2D eigenvalue weighted by Gasteiger charge is -2.35. The van der Waals surface area contributed by atoms with Crippen molar-refractivity contribution in [2.24, 2.45) is 5.41 Å². The Morgan fingerprint density at radius 3 is 2.50 bits per heavy atom. The van der Waals surface area contributed by atoms with E-state index in [9.17, 15) is 0 Å². The molecule has 1 aromatic carbocycles. The topological polar surface area (TPSA) is 18.5 Å². The molecule has 1 aromatic rings. The summed E-state index contributed by atoms with van der Waals surface area (Å²) < 4.78 is 11.3. The molecule has 0 radical (unpaired) electrons. The fourth-order valence-corrected chi connectivity index (χ4v) is 2.60. The van der Waals surface area contributed by atoms with Gasteiger partial charge in [-0.25, -0.2) is 0 Å². The number of ether oxygens (including phenoxy) is 2. The van der Waals surface area contributed by atoms with Crippen LogP contribution in [-0.2, 0) is 4.74 Å². The van der Waals surface area contributed by atoms with Gasteiger partial charge in [0.15, 0.2) is 0 Å². The van der Waals surface area contributed by atoms with Crippen molar-refractivity contribution >= 4 is 15.9 Å². The van der Waals surface area contributed by atoms with Gasteiger partial charge in [0, 0.05) is 24.0 Å². The first-order valence-electron chi connectivity index (χ1n) is 5.66. The zero-order valence-electron chi connectivity index (χ0n) is 9.32. The molecule has 1 aliphatic rings. The summed E-state index contributed by atoms with van der Waals surface area (Å²) in [5.41, 5.74) is 0.244. The highest BCUT2D eigenvalue weighted by atomic mass is 79.9. The molecule has 2 nitrogen and oxygen atoms in total. The van der Waals surface area contributed by atoms with Gasteiger partial charge >= 0.3 is 0 Å². The molecule has 0 spiro atoms. The quantitative estimate of drug-likeness (QED) is 0.791. The zero-order chi connectivity index (χ0) is 11.3. The molecule has 0 amide bonds. The Hall–Kier alpha value is -0.540. The average molecular weight is 285 g/mol. The van der Waals surface area contributed by atoms with E-state index >= 15 is 0 Å². The van der Waals surface area contributed by atoms with Crippen LogP contribution >= 0.6 is 15.9 Å². The molecule has 16 heavy (non-hydrogen) atoms. The number of hydrogen-bond acceptors (Lipinski definition) is 2. The van der Waals surface area contributed by atoms with Crippen LogP contribution in [0.15, 0.2) is 30.3 Å². The van der Waals surface area contributed by atoms with Gasteiger partial charge in [-0.1, -0.05) is 34.1 Å². The van der Waals surface area contributed by atoms with Gasteiger partial charge < -0.3 is 9.47 Å². The van der Waals surface area contributed by atoms with E-state index < -0.39 is 0 Å². The standard InChI is InChI=1S/C13H17BrO2/c14-10-13(6-8-15-9-7-13)11-16-12-4-2-1-3-5-12/h1-5H,6-11H2. The molecule has 1 aliphatic heterocycles. The Balaban J connectivity index is 1.92. The minimum absolute atomic E-state index is 0.244. The van der Waals surface area contributed by atoms with Gasteiger partial charge in [-0.2, -0.15) is 0 Å². The van der Waals surface area contributed by atoms with Gasteiger partial charge in [0.1, 0.15) is 5.75 Å². The number of alkyl halides is 1. The zero-order valence-corrected chi connectivity index (χ0v) is 10.9. The van der Waals surface area contributed by atoms with Crippen LogP contribution in [0.3, 0.4) is 0 Å². The van der Waals surface area contributed by atoms with Crippen molar-refractivity contribution in [2.75, 3.05) is 25.2 Å². The summed E-state index contributed by atoms with van der Waals surface area (Å²) in [6.45, 7) is 2.47. The van der Waals surface area contributed by atoms with Crippen LogP contribution in [-0.4, -0.2) is 25.2 Å². The highest BCUT2D eigenvalue weighted by molar-refractivity contribution is 9.09. The molecule has 3 heteroatoms. The van der Waals surface area contributed by atoms with Crippen molar-refractivity contribution in [1.82, 2.24) is 0 Å². The maximum absolute atomic E-state index is 5.85. The molecular weight excluding hydrogens is 268 g/mol. The van der Waals surface area contributed by atoms with Gasteiger partial charge in [-0.3, -0.25) is 0 Å². The molecule has 0 unspecified atom stereocenters. The third-order valence-corrected chi connectivity index (χ3v) is 4.31. The Labute approximate surface area is 105 Å². The number of hydrogen-bond donors (Lipinski definition) is 0. The van der Waals surface area contributed by atoms with Crippen molar-refractivity contribution in [3.63, 3.8) is 0 Å². The lowest BCUT2D eigenvalue weighted by Crippen LogP contribution is -2.36. The first kappa shape index (κ1) is 11.9. The average Bonchev–Trinajstić information content (AvgIpc) is 2.39. The molecule has 0 saturated carbocycles. The fraction of sp³-hybridized carbons (Fsp3) is 0.538. The third-order valence-electron chi connectivity index (χ3n) is 3.13. The van der Waals surface area contributed by atoms with Crippen LogP contribution in [0.5, 0.6) is 5.75 Å². The predicted octanol–water partition coefficient (Wildman–Crippen LogP) is 3.26. The van der Waals surface area contributed by atoms with Crippen LogP contribution in [0.2, 0.25) is 0 Å². The highest BCUT2D eigenvalue weighted by Crippen LogP contribution is 2.33. The van der Waals surface area contributed by atoms with Gasteiger partial charge in [0.05, 0.1) is 6.61 Å². The number of benzene rings is 1. The maximum Gasteiger partial charge on any atom is 0.119 e. The first-order chi connectivity index (χ1) is 7.85. The van der Waals surface area contributed by atoms with Crippen LogP contribution in [0, 0.1) is 5.41 Å². The van der Waals surface area contributed by atoms with Crippen molar-refractivity contribution in [2.45, 2.75) is 12.8 Å².